The van der Waals surface area contributed by atoms with E-state index >= 15 is 0 Å². The summed E-state index contributed by atoms with van der Waals surface area (Å²) >= 11 is 0. The van der Waals surface area contributed by atoms with Gasteiger partial charge < -0.3 is 18.9 Å². The third-order valence-corrected chi connectivity index (χ3v) is 6.05. The van der Waals surface area contributed by atoms with E-state index in [0.29, 0.717) is 11.7 Å². The predicted octanol–water partition coefficient (Wildman–Crippen LogP) is 2.94. The Balaban J connectivity index is 1.23. The van der Waals surface area contributed by atoms with E-state index in [1.807, 2.05) is 23.2 Å². The van der Waals surface area contributed by atoms with E-state index in [1.165, 1.54) is 0 Å². The van der Waals surface area contributed by atoms with Gasteiger partial charge >= 0.3 is 0 Å². The first-order chi connectivity index (χ1) is 14.8. The van der Waals surface area contributed by atoms with Crippen molar-refractivity contribution in [3.8, 4) is 11.5 Å². The number of aromatic nitrogens is 2. The number of ether oxygens (including phenoxy) is 2. The third-order valence-electron chi connectivity index (χ3n) is 6.05. The average molecular weight is 427 g/mol. The Kier molecular flexibility index (Phi) is 6.23. The summed E-state index contributed by atoms with van der Waals surface area (Å²) in [6.45, 7) is 13.7. The van der Waals surface area contributed by atoms with E-state index in [9.17, 15) is 4.79 Å². The Hall–Kier alpha value is -2.54. The summed E-state index contributed by atoms with van der Waals surface area (Å²) in [6, 6.07) is 5.91. The SMILES string of the molecule is CC(C)c1nccn1CCN1CCN(C(=O)COc2cccc3c2OC(C)(C)C3)CC1. The largest absolute Gasteiger partial charge is 0.483 e. The van der Waals surface area contributed by atoms with Crippen LogP contribution in [0.15, 0.2) is 30.6 Å². The monoisotopic (exact) mass is 426 g/mol. The molecule has 1 amide bonds. The number of rotatable bonds is 7. The first-order valence-corrected chi connectivity index (χ1v) is 11.3. The van der Waals surface area contributed by atoms with Gasteiger partial charge in [0.1, 0.15) is 11.4 Å². The normalized spacial score (nSPS) is 18.2. The Morgan fingerprint density at radius 1 is 1.19 bits per heavy atom. The Morgan fingerprint density at radius 2 is 1.97 bits per heavy atom. The predicted molar refractivity (Wildman–Crippen MR) is 120 cm³/mol. The lowest BCUT2D eigenvalue weighted by Crippen LogP contribution is -2.50. The van der Waals surface area contributed by atoms with Crippen LogP contribution in [0.3, 0.4) is 0 Å². The Bertz CT molecular complexity index is 913. The van der Waals surface area contributed by atoms with Gasteiger partial charge in [0.15, 0.2) is 18.1 Å². The molecular formula is C24H34N4O3. The molecule has 2 aromatic rings. The lowest BCUT2D eigenvalue weighted by molar-refractivity contribution is -0.135. The van der Waals surface area contributed by atoms with Crippen LogP contribution in [0.2, 0.25) is 0 Å². The van der Waals surface area contributed by atoms with Gasteiger partial charge in [-0.2, -0.15) is 0 Å². The van der Waals surface area contributed by atoms with Crippen molar-refractivity contribution in [1.29, 1.82) is 0 Å². The van der Waals surface area contributed by atoms with Crippen LogP contribution in [0.25, 0.3) is 0 Å². The summed E-state index contributed by atoms with van der Waals surface area (Å²) in [5.74, 6) is 3.03. The van der Waals surface area contributed by atoms with Crippen LogP contribution in [-0.4, -0.2) is 70.2 Å². The van der Waals surface area contributed by atoms with Gasteiger partial charge in [-0.15, -0.1) is 0 Å². The summed E-state index contributed by atoms with van der Waals surface area (Å²) in [4.78, 5) is 21.5. The number of benzene rings is 1. The van der Waals surface area contributed by atoms with Crippen molar-refractivity contribution in [1.82, 2.24) is 19.4 Å². The lowest BCUT2D eigenvalue weighted by Gasteiger charge is -2.34. The Labute approximate surface area is 184 Å². The van der Waals surface area contributed by atoms with Gasteiger partial charge in [0.2, 0.25) is 0 Å². The van der Waals surface area contributed by atoms with Crippen LogP contribution in [0.5, 0.6) is 11.5 Å². The van der Waals surface area contributed by atoms with Crippen LogP contribution < -0.4 is 9.47 Å². The summed E-state index contributed by atoms with van der Waals surface area (Å²) in [6.07, 6.45) is 4.78. The van der Waals surface area contributed by atoms with Crippen LogP contribution in [0.1, 0.15) is 45.0 Å². The highest BCUT2D eigenvalue weighted by molar-refractivity contribution is 5.78. The molecule has 2 aliphatic heterocycles. The van der Waals surface area contributed by atoms with Crippen molar-refractivity contribution in [2.75, 3.05) is 39.3 Å². The van der Waals surface area contributed by atoms with Gasteiger partial charge in [0, 0.05) is 69.6 Å². The highest BCUT2D eigenvalue weighted by atomic mass is 16.5. The maximum Gasteiger partial charge on any atom is 0.260 e. The standard InChI is InChI=1S/C24H34N4O3/c1-18(2)23-25-8-9-28(23)15-12-26-10-13-27(14-11-26)21(29)17-30-20-7-5-6-19-16-24(3,4)31-22(19)20/h5-9,18H,10-17H2,1-4H3. The number of carbonyl (C=O) groups is 1. The number of carbonyl (C=O) groups excluding carboxylic acids is 1. The van der Waals surface area contributed by atoms with Crippen molar-refractivity contribution in [3.63, 3.8) is 0 Å². The van der Waals surface area contributed by atoms with E-state index in [-0.39, 0.29) is 18.1 Å². The number of hydrogen-bond acceptors (Lipinski definition) is 5. The number of fused-ring (bicyclic) bond motifs is 1. The molecule has 1 fully saturated rings. The van der Waals surface area contributed by atoms with Gasteiger partial charge in [-0.25, -0.2) is 4.98 Å². The molecule has 4 rings (SSSR count). The zero-order valence-electron chi connectivity index (χ0n) is 19.1. The molecule has 7 nitrogen and oxygen atoms in total. The second-order valence-corrected chi connectivity index (χ2v) is 9.43. The minimum atomic E-state index is -0.227. The quantitative estimate of drug-likeness (QED) is 0.681. The van der Waals surface area contributed by atoms with Gasteiger partial charge in [-0.1, -0.05) is 26.0 Å². The topological polar surface area (TPSA) is 59.8 Å². The number of amides is 1. The van der Waals surface area contributed by atoms with Gasteiger partial charge in [-0.05, 0) is 19.9 Å². The second-order valence-electron chi connectivity index (χ2n) is 9.43. The molecule has 1 saturated heterocycles. The molecule has 0 saturated carbocycles. The zero-order valence-corrected chi connectivity index (χ0v) is 19.1. The molecule has 0 spiro atoms. The van der Waals surface area contributed by atoms with E-state index in [1.54, 1.807) is 0 Å². The number of piperazine rings is 1. The fourth-order valence-corrected chi connectivity index (χ4v) is 4.41. The van der Waals surface area contributed by atoms with Crippen molar-refractivity contribution in [2.45, 2.75) is 52.2 Å². The molecular weight excluding hydrogens is 392 g/mol. The molecule has 7 heteroatoms. The minimum Gasteiger partial charge on any atom is -0.483 e. The molecule has 0 aliphatic carbocycles. The van der Waals surface area contributed by atoms with Gasteiger partial charge in [-0.3, -0.25) is 9.69 Å². The third kappa shape index (κ3) is 5.03. The van der Waals surface area contributed by atoms with Crippen LogP contribution in [-0.2, 0) is 17.8 Å². The smallest absolute Gasteiger partial charge is 0.260 e. The second kappa shape index (κ2) is 8.91. The molecule has 31 heavy (non-hydrogen) atoms. The molecule has 1 aromatic heterocycles. The molecule has 168 valence electrons. The molecule has 0 atom stereocenters. The molecule has 0 bridgehead atoms. The number of hydrogen-bond donors (Lipinski definition) is 0. The maximum atomic E-state index is 12.7. The van der Waals surface area contributed by atoms with Crippen LogP contribution in [0.4, 0.5) is 0 Å². The van der Waals surface area contributed by atoms with Crippen LogP contribution >= 0.6 is 0 Å². The molecule has 1 aromatic carbocycles. The average Bonchev–Trinajstić information content (AvgIpc) is 3.33. The van der Waals surface area contributed by atoms with E-state index in [4.69, 9.17) is 9.47 Å². The molecule has 2 aliphatic rings. The molecule has 0 unspecified atom stereocenters. The number of para-hydroxylation sites is 1. The highest BCUT2D eigenvalue weighted by Gasteiger charge is 2.32. The first-order valence-electron chi connectivity index (χ1n) is 11.3. The fraction of sp³-hybridized carbons (Fsp3) is 0.583. The summed E-state index contributed by atoms with van der Waals surface area (Å²) < 4.78 is 14.1. The van der Waals surface area contributed by atoms with Crippen molar-refractivity contribution < 1.29 is 14.3 Å². The Morgan fingerprint density at radius 3 is 2.71 bits per heavy atom. The minimum absolute atomic E-state index is 0.0335. The molecule has 0 radical (unpaired) electrons. The lowest BCUT2D eigenvalue weighted by atomic mass is 10.0. The number of imidazole rings is 1. The summed E-state index contributed by atoms with van der Waals surface area (Å²) in [5, 5.41) is 0. The van der Waals surface area contributed by atoms with Crippen LogP contribution in [0, 0.1) is 0 Å². The van der Waals surface area contributed by atoms with Crippen molar-refractivity contribution in [3.05, 3.63) is 42.0 Å². The molecule has 0 N–H and O–H groups in total. The zero-order chi connectivity index (χ0) is 22.0. The maximum absolute atomic E-state index is 12.7. The van der Waals surface area contributed by atoms with Gasteiger partial charge in [0.25, 0.3) is 5.91 Å². The van der Waals surface area contributed by atoms with E-state index < -0.39 is 0 Å². The molecule has 3 heterocycles. The summed E-state index contributed by atoms with van der Waals surface area (Å²) in [7, 11) is 0. The number of nitrogens with zero attached hydrogens (tertiary/aromatic N) is 4. The summed E-state index contributed by atoms with van der Waals surface area (Å²) in [5.41, 5.74) is 0.913. The van der Waals surface area contributed by atoms with E-state index in [2.05, 4.69) is 54.4 Å². The fourth-order valence-electron chi connectivity index (χ4n) is 4.41. The van der Waals surface area contributed by atoms with Crippen molar-refractivity contribution in [2.24, 2.45) is 0 Å². The first kappa shape index (κ1) is 21.7. The van der Waals surface area contributed by atoms with E-state index in [0.717, 1.165) is 62.8 Å². The highest BCUT2D eigenvalue weighted by Crippen LogP contribution is 2.41. The van der Waals surface area contributed by atoms with Crippen molar-refractivity contribution >= 4 is 5.91 Å². The van der Waals surface area contributed by atoms with Gasteiger partial charge in [0.05, 0.1) is 0 Å².